The van der Waals surface area contributed by atoms with Crippen molar-refractivity contribution < 1.29 is 9.13 Å². The van der Waals surface area contributed by atoms with Crippen LogP contribution in [0.2, 0.25) is 0 Å². The van der Waals surface area contributed by atoms with Crippen LogP contribution >= 0.6 is 0 Å². The van der Waals surface area contributed by atoms with Gasteiger partial charge in [0.1, 0.15) is 6.61 Å². The minimum Gasteiger partial charge on any atom is -0.459 e. The van der Waals surface area contributed by atoms with Crippen molar-refractivity contribution in [3.05, 3.63) is 73.0 Å². The molecule has 0 spiro atoms. The maximum atomic E-state index is 12.8. The number of ether oxygens (including phenoxy) is 1. The van der Waals surface area contributed by atoms with Crippen molar-refractivity contribution in [2.45, 2.75) is 32.4 Å². The summed E-state index contributed by atoms with van der Waals surface area (Å²) in [6, 6.07) is 14.9. The summed E-state index contributed by atoms with van der Waals surface area (Å²) >= 11 is 0. The van der Waals surface area contributed by atoms with Gasteiger partial charge in [-0.25, -0.2) is 9.37 Å². The highest BCUT2D eigenvalue weighted by Crippen LogP contribution is 2.25. The molecule has 28 heavy (non-hydrogen) atoms. The summed E-state index contributed by atoms with van der Waals surface area (Å²) < 4.78 is 18.2. The van der Waals surface area contributed by atoms with Gasteiger partial charge in [0.15, 0.2) is 0 Å². The molecule has 0 saturated carbocycles. The molecule has 2 aromatic carbocycles. The number of hydrogen-bond donors (Lipinski definition) is 0. The first kappa shape index (κ1) is 19.7. The lowest BCUT2D eigenvalue weighted by atomic mass is 10.0. The van der Waals surface area contributed by atoms with Gasteiger partial charge in [0, 0.05) is 11.6 Å². The van der Waals surface area contributed by atoms with Crippen molar-refractivity contribution in [3.63, 3.8) is 0 Å². The number of halogens is 1. The molecule has 3 nitrogen and oxygen atoms in total. The SMILES string of the molecule is C=CCOc1ncc2cc(-c3ccc(/C=C/CCCC(C)F)cc3)ccc2n1. The Bertz CT molecular complexity index is 948. The molecule has 0 fully saturated rings. The van der Waals surface area contributed by atoms with Crippen molar-refractivity contribution in [1.82, 2.24) is 9.97 Å². The van der Waals surface area contributed by atoms with E-state index < -0.39 is 6.17 Å². The average Bonchev–Trinajstić information content (AvgIpc) is 2.71. The molecule has 1 heterocycles. The van der Waals surface area contributed by atoms with Crippen LogP contribution in [0.15, 0.2) is 67.4 Å². The fourth-order valence-corrected chi connectivity index (χ4v) is 2.92. The highest BCUT2D eigenvalue weighted by molar-refractivity contribution is 5.84. The molecule has 3 rings (SSSR count). The number of allylic oxidation sites excluding steroid dienone is 1. The molecule has 4 heteroatoms. The molecule has 1 unspecified atom stereocenters. The normalized spacial score (nSPS) is 12.4. The van der Waals surface area contributed by atoms with Crippen LogP contribution in [0.1, 0.15) is 31.7 Å². The van der Waals surface area contributed by atoms with Gasteiger partial charge in [-0.2, -0.15) is 4.98 Å². The average molecular weight is 376 g/mol. The zero-order valence-corrected chi connectivity index (χ0v) is 16.1. The van der Waals surface area contributed by atoms with E-state index in [0.29, 0.717) is 19.0 Å². The van der Waals surface area contributed by atoms with Crippen molar-refractivity contribution in [1.29, 1.82) is 0 Å². The first-order valence-electron chi connectivity index (χ1n) is 9.57. The predicted molar refractivity (Wildman–Crippen MR) is 114 cm³/mol. The monoisotopic (exact) mass is 376 g/mol. The molecular weight excluding hydrogens is 351 g/mol. The Hall–Kier alpha value is -3.01. The fraction of sp³-hybridized carbons (Fsp3) is 0.250. The van der Waals surface area contributed by atoms with Gasteiger partial charge in [0.05, 0.1) is 11.7 Å². The lowest BCUT2D eigenvalue weighted by Crippen LogP contribution is -1.98. The third kappa shape index (κ3) is 5.49. The first-order chi connectivity index (χ1) is 13.7. The molecule has 0 aliphatic carbocycles. The molecule has 1 atom stereocenters. The van der Waals surface area contributed by atoms with Crippen LogP contribution < -0.4 is 4.74 Å². The number of fused-ring (bicyclic) bond motifs is 1. The molecule has 0 N–H and O–H groups in total. The van der Waals surface area contributed by atoms with Gasteiger partial charge in [-0.3, -0.25) is 0 Å². The Balaban J connectivity index is 1.68. The Labute approximate surface area is 165 Å². The summed E-state index contributed by atoms with van der Waals surface area (Å²) in [5.74, 6) is 0. The Morgan fingerprint density at radius 2 is 1.93 bits per heavy atom. The van der Waals surface area contributed by atoms with Crippen LogP contribution in [0.3, 0.4) is 0 Å². The summed E-state index contributed by atoms with van der Waals surface area (Å²) in [4.78, 5) is 8.65. The number of alkyl halides is 1. The van der Waals surface area contributed by atoms with Crippen molar-refractivity contribution in [2.24, 2.45) is 0 Å². The standard InChI is InChI=1S/C24H25FN2O/c1-3-15-28-24-26-17-22-16-21(13-14-23(22)27-24)20-11-9-19(10-12-20)8-6-4-5-7-18(2)25/h3,6,8-14,16-18H,1,4-5,7,15H2,2H3/b8-6+. The van der Waals surface area contributed by atoms with Crippen LogP contribution in [-0.2, 0) is 0 Å². The number of rotatable bonds is 9. The summed E-state index contributed by atoms with van der Waals surface area (Å²) in [5.41, 5.74) is 4.24. The highest BCUT2D eigenvalue weighted by Gasteiger charge is 2.04. The minimum absolute atomic E-state index is 0.359. The molecule has 0 bridgehead atoms. The van der Waals surface area contributed by atoms with E-state index in [4.69, 9.17) is 4.74 Å². The van der Waals surface area contributed by atoms with Crippen molar-refractivity contribution in [2.75, 3.05) is 6.61 Å². The summed E-state index contributed by atoms with van der Waals surface area (Å²) in [6.45, 7) is 5.62. The molecule has 0 aliphatic rings. The lowest BCUT2D eigenvalue weighted by Gasteiger charge is -2.06. The molecule has 0 aliphatic heterocycles. The molecule has 0 radical (unpaired) electrons. The zero-order valence-electron chi connectivity index (χ0n) is 16.1. The molecule has 1 aromatic heterocycles. The summed E-state index contributed by atoms with van der Waals surface area (Å²) in [7, 11) is 0. The minimum atomic E-state index is -0.716. The topological polar surface area (TPSA) is 35.0 Å². The van der Waals surface area contributed by atoms with Gasteiger partial charge in [-0.05, 0) is 55.0 Å². The second kappa shape index (κ2) is 9.79. The van der Waals surface area contributed by atoms with Gasteiger partial charge in [0.25, 0.3) is 0 Å². The van der Waals surface area contributed by atoms with E-state index in [9.17, 15) is 4.39 Å². The van der Waals surface area contributed by atoms with Gasteiger partial charge in [-0.15, -0.1) is 0 Å². The number of hydrogen-bond acceptors (Lipinski definition) is 3. The second-order valence-corrected chi connectivity index (χ2v) is 6.76. The van der Waals surface area contributed by atoms with Gasteiger partial charge >= 0.3 is 6.01 Å². The quantitative estimate of drug-likeness (QED) is 0.320. The molecule has 144 valence electrons. The van der Waals surface area contributed by atoms with E-state index in [1.165, 1.54) is 0 Å². The Kier molecular flexibility index (Phi) is 6.90. The van der Waals surface area contributed by atoms with E-state index in [1.54, 1.807) is 19.2 Å². The predicted octanol–water partition coefficient (Wildman–Crippen LogP) is 6.40. The Morgan fingerprint density at radius 1 is 1.14 bits per heavy atom. The highest BCUT2D eigenvalue weighted by atomic mass is 19.1. The third-order valence-electron chi connectivity index (χ3n) is 4.42. The Morgan fingerprint density at radius 3 is 2.68 bits per heavy atom. The summed E-state index contributed by atoms with van der Waals surface area (Å²) in [5, 5.41) is 0.967. The molecule has 0 saturated heterocycles. The van der Waals surface area contributed by atoms with Crippen LogP contribution in [0, 0.1) is 0 Å². The maximum Gasteiger partial charge on any atom is 0.317 e. The molecule has 0 amide bonds. The second-order valence-electron chi connectivity index (χ2n) is 6.76. The van der Waals surface area contributed by atoms with E-state index in [1.807, 2.05) is 6.07 Å². The van der Waals surface area contributed by atoms with Crippen molar-refractivity contribution >= 4 is 17.0 Å². The van der Waals surface area contributed by atoms with E-state index in [0.717, 1.165) is 40.4 Å². The van der Waals surface area contributed by atoms with Gasteiger partial charge in [0.2, 0.25) is 0 Å². The fourth-order valence-electron chi connectivity index (χ4n) is 2.92. The van der Waals surface area contributed by atoms with Crippen LogP contribution in [0.4, 0.5) is 4.39 Å². The smallest absolute Gasteiger partial charge is 0.317 e. The van der Waals surface area contributed by atoms with E-state index in [-0.39, 0.29) is 0 Å². The van der Waals surface area contributed by atoms with Crippen LogP contribution in [0.5, 0.6) is 6.01 Å². The molecule has 3 aromatic rings. The van der Waals surface area contributed by atoms with Crippen LogP contribution in [-0.4, -0.2) is 22.7 Å². The van der Waals surface area contributed by atoms with Gasteiger partial charge in [-0.1, -0.05) is 55.1 Å². The number of unbranched alkanes of at least 4 members (excludes halogenated alkanes) is 1. The zero-order chi connectivity index (χ0) is 19.8. The largest absolute Gasteiger partial charge is 0.459 e. The lowest BCUT2D eigenvalue weighted by molar-refractivity contribution is 0.334. The number of aromatic nitrogens is 2. The number of benzene rings is 2. The van der Waals surface area contributed by atoms with Crippen LogP contribution in [0.25, 0.3) is 28.1 Å². The number of nitrogens with zero attached hydrogens (tertiary/aromatic N) is 2. The van der Waals surface area contributed by atoms with E-state index in [2.05, 4.69) is 65.1 Å². The van der Waals surface area contributed by atoms with Gasteiger partial charge < -0.3 is 4.74 Å². The summed E-state index contributed by atoms with van der Waals surface area (Å²) in [6.07, 6.45) is 9.33. The molecular formula is C24H25FN2O. The van der Waals surface area contributed by atoms with E-state index >= 15 is 0 Å². The third-order valence-corrected chi connectivity index (χ3v) is 4.42. The first-order valence-corrected chi connectivity index (χ1v) is 9.57. The maximum absolute atomic E-state index is 12.8. The van der Waals surface area contributed by atoms with Crippen molar-refractivity contribution in [3.8, 4) is 17.1 Å².